The van der Waals surface area contributed by atoms with E-state index in [-0.39, 0.29) is 17.3 Å². The fraction of sp³-hybridized carbons (Fsp3) is 0.571. The van der Waals surface area contributed by atoms with Gasteiger partial charge in [-0.05, 0) is 50.7 Å². The van der Waals surface area contributed by atoms with Gasteiger partial charge in [-0.25, -0.2) is 0 Å². The molecule has 130 valence electrons. The highest BCUT2D eigenvalue weighted by Crippen LogP contribution is 2.50. The van der Waals surface area contributed by atoms with Crippen LogP contribution in [0, 0.1) is 5.92 Å². The van der Waals surface area contributed by atoms with Crippen LogP contribution in [0.1, 0.15) is 64.5 Å². The van der Waals surface area contributed by atoms with Crippen LogP contribution in [0.3, 0.4) is 0 Å². The van der Waals surface area contributed by atoms with E-state index in [0.29, 0.717) is 12.5 Å². The molecule has 3 heteroatoms. The molecule has 0 radical (unpaired) electrons. The van der Waals surface area contributed by atoms with Gasteiger partial charge >= 0.3 is 0 Å². The van der Waals surface area contributed by atoms with E-state index < -0.39 is 5.60 Å². The van der Waals surface area contributed by atoms with Gasteiger partial charge < -0.3 is 9.47 Å². The molecule has 24 heavy (non-hydrogen) atoms. The van der Waals surface area contributed by atoms with Gasteiger partial charge in [-0.2, -0.15) is 0 Å². The minimum absolute atomic E-state index is 0.0910. The van der Waals surface area contributed by atoms with E-state index in [0.717, 1.165) is 24.0 Å². The Hall–Kier alpha value is -1.61. The molecule has 2 unspecified atom stereocenters. The molecular weight excluding hydrogens is 300 g/mol. The summed E-state index contributed by atoms with van der Waals surface area (Å²) in [7, 11) is 0. The first-order valence-electron chi connectivity index (χ1n) is 8.88. The number of carbonyl (C=O) groups is 1. The van der Waals surface area contributed by atoms with Crippen LogP contribution >= 0.6 is 0 Å². The number of carbonyl (C=O) groups excluding carboxylic acids is 1. The highest BCUT2D eigenvalue weighted by molar-refractivity contribution is 6.03. The van der Waals surface area contributed by atoms with Gasteiger partial charge in [-0.3, -0.25) is 4.79 Å². The standard InChI is InChI=1S/C21H28O3/c1-14(2)16-8-6-15(7-9-16)12-23-13-17-18-10-11-21(5,19(17)22)24-20(18,3)4/h6-9,13-14,18H,10-12H2,1-5H3/b17-13-. The highest BCUT2D eigenvalue weighted by Gasteiger charge is 2.56. The average molecular weight is 328 g/mol. The molecule has 2 saturated heterocycles. The third-order valence-corrected chi connectivity index (χ3v) is 5.46. The summed E-state index contributed by atoms with van der Waals surface area (Å²) in [4.78, 5) is 12.7. The van der Waals surface area contributed by atoms with Crippen LogP contribution in [0.5, 0.6) is 0 Å². The van der Waals surface area contributed by atoms with Gasteiger partial charge in [-0.1, -0.05) is 38.1 Å². The third-order valence-electron chi connectivity index (χ3n) is 5.46. The SMILES string of the molecule is CC(C)c1ccc(CO/C=C2\C(=O)C3(C)CCC2C(C)(C)O3)cc1. The number of fused-ring (bicyclic) bond motifs is 3. The predicted molar refractivity (Wildman–Crippen MR) is 94.7 cm³/mol. The molecule has 2 bridgehead atoms. The predicted octanol–water partition coefficient (Wildman–Crippen LogP) is 4.76. The second kappa shape index (κ2) is 6.03. The molecule has 0 aromatic heterocycles. The first kappa shape index (κ1) is 17.2. The zero-order valence-electron chi connectivity index (χ0n) is 15.4. The summed E-state index contributed by atoms with van der Waals surface area (Å²) < 4.78 is 11.8. The van der Waals surface area contributed by atoms with Crippen molar-refractivity contribution in [2.24, 2.45) is 5.92 Å². The number of ketones is 1. The van der Waals surface area contributed by atoms with Crippen molar-refractivity contribution in [3.05, 3.63) is 47.2 Å². The molecule has 1 aromatic rings. The van der Waals surface area contributed by atoms with Crippen molar-refractivity contribution >= 4 is 5.78 Å². The zero-order chi connectivity index (χ0) is 17.5. The Morgan fingerprint density at radius 1 is 1.25 bits per heavy atom. The van der Waals surface area contributed by atoms with E-state index >= 15 is 0 Å². The third kappa shape index (κ3) is 3.02. The molecule has 0 N–H and O–H groups in total. The average Bonchev–Trinajstić information content (AvgIpc) is 2.50. The summed E-state index contributed by atoms with van der Waals surface area (Å²) in [5.74, 6) is 0.740. The Balaban J connectivity index is 1.71. The number of ether oxygens (including phenoxy) is 2. The lowest BCUT2D eigenvalue weighted by molar-refractivity contribution is -0.207. The molecule has 1 saturated carbocycles. The van der Waals surface area contributed by atoms with Crippen molar-refractivity contribution in [3.63, 3.8) is 0 Å². The largest absolute Gasteiger partial charge is 0.496 e. The monoisotopic (exact) mass is 328 g/mol. The molecule has 2 aliphatic heterocycles. The number of hydrogen-bond donors (Lipinski definition) is 0. The Kier molecular flexibility index (Phi) is 4.33. The number of hydrogen-bond acceptors (Lipinski definition) is 3. The summed E-state index contributed by atoms with van der Waals surface area (Å²) in [6, 6.07) is 8.47. The maximum Gasteiger partial charge on any atom is 0.193 e. The van der Waals surface area contributed by atoms with E-state index in [1.54, 1.807) is 6.26 Å². The summed E-state index contributed by atoms with van der Waals surface area (Å²) in [5.41, 5.74) is 2.23. The van der Waals surface area contributed by atoms with Crippen molar-refractivity contribution in [2.45, 2.75) is 71.2 Å². The molecule has 0 amide bonds. The van der Waals surface area contributed by atoms with Crippen LogP contribution in [-0.2, 0) is 20.9 Å². The highest BCUT2D eigenvalue weighted by atomic mass is 16.5. The molecule has 4 rings (SSSR count). The first-order chi connectivity index (χ1) is 11.2. The second-order valence-electron chi connectivity index (χ2n) is 8.14. The maximum absolute atomic E-state index is 12.7. The summed E-state index contributed by atoms with van der Waals surface area (Å²) in [5, 5.41) is 0. The topological polar surface area (TPSA) is 35.5 Å². The quantitative estimate of drug-likeness (QED) is 0.590. The molecule has 3 fully saturated rings. The van der Waals surface area contributed by atoms with E-state index in [1.807, 2.05) is 6.92 Å². The summed E-state index contributed by atoms with van der Waals surface area (Å²) in [6.45, 7) is 10.9. The van der Waals surface area contributed by atoms with Gasteiger partial charge in [0.05, 0.1) is 11.9 Å². The van der Waals surface area contributed by atoms with Gasteiger partial charge in [-0.15, -0.1) is 0 Å². The molecule has 3 aliphatic rings. The number of rotatable bonds is 4. The first-order valence-corrected chi connectivity index (χ1v) is 8.88. The minimum Gasteiger partial charge on any atom is -0.496 e. The van der Waals surface area contributed by atoms with Crippen molar-refractivity contribution in [3.8, 4) is 0 Å². The van der Waals surface area contributed by atoms with Gasteiger partial charge in [0, 0.05) is 11.5 Å². The summed E-state index contributed by atoms with van der Waals surface area (Å²) >= 11 is 0. The van der Waals surface area contributed by atoms with Crippen LogP contribution in [0.4, 0.5) is 0 Å². The Morgan fingerprint density at radius 2 is 1.92 bits per heavy atom. The fourth-order valence-electron chi connectivity index (χ4n) is 3.99. The van der Waals surface area contributed by atoms with Crippen molar-refractivity contribution < 1.29 is 14.3 Å². The van der Waals surface area contributed by atoms with Crippen LogP contribution in [0.25, 0.3) is 0 Å². The van der Waals surface area contributed by atoms with E-state index in [4.69, 9.17) is 9.47 Å². The lowest BCUT2D eigenvalue weighted by Crippen LogP contribution is -2.60. The van der Waals surface area contributed by atoms with Crippen LogP contribution in [0.15, 0.2) is 36.1 Å². The molecule has 2 atom stereocenters. The lowest BCUT2D eigenvalue weighted by Gasteiger charge is -2.53. The summed E-state index contributed by atoms with van der Waals surface area (Å²) in [6.07, 6.45) is 3.46. The number of benzene rings is 1. The minimum atomic E-state index is -0.688. The Bertz CT molecular complexity index is 654. The zero-order valence-corrected chi connectivity index (χ0v) is 15.4. The van der Waals surface area contributed by atoms with Crippen molar-refractivity contribution in [1.29, 1.82) is 0 Å². The van der Waals surface area contributed by atoms with Crippen LogP contribution in [-0.4, -0.2) is 17.0 Å². The van der Waals surface area contributed by atoms with Crippen molar-refractivity contribution in [2.75, 3.05) is 0 Å². The Morgan fingerprint density at radius 3 is 2.50 bits per heavy atom. The Labute approximate surface area is 145 Å². The molecular formula is C21H28O3. The van der Waals surface area contributed by atoms with Gasteiger partial charge in [0.15, 0.2) is 5.78 Å². The van der Waals surface area contributed by atoms with Crippen molar-refractivity contribution in [1.82, 2.24) is 0 Å². The van der Waals surface area contributed by atoms with Gasteiger partial charge in [0.2, 0.25) is 0 Å². The molecule has 3 nitrogen and oxygen atoms in total. The fourth-order valence-corrected chi connectivity index (χ4v) is 3.99. The normalized spacial score (nSPS) is 30.2. The smallest absolute Gasteiger partial charge is 0.193 e. The molecule has 1 aliphatic carbocycles. The molecule has 0 spiro atoms. The lowest BCUT2D eigenvalue weighted by atomic mass is 9.65. The van der Waals surface area contributed by atoms with Crippen LogP contribution in [0.2, 0.25) is 0 Å². The second-order valence-corrected chi connectivity index (χ2v) is 8.14. The molecule has 1 aromatic carbocycles. The van der Waals surface area contributed by atoms with Crippen LogP contribution < -0.4 is 0 Å². The van der Waals surface area contributed by atoms with E-state index in [1.165, 1.54) is 5.56 Å². The van der Waals surface area contributed by atoms with E-state index in [9.17, 15) is 4.79 Å². The van der Waals surface area contributed by atoms with E-state index in [2.05, 4.69) is 52.0 Å². The number of Topliss-reactive ketones (excluding diaryl/α,β-unsaturated/α-hetero) is 1. The molecule has 2 heterocycles. The van der Waals surface area contributed by atoms with Gasteiger partial charge in [0.1, 0.15) is 12.2 Å². The van der Waals surface area contributed by atoms with Gasteiger partial charge in [0.25, 0.3) is 0 Å². The maximum atomic E-state index is 12.7.